The summed E-state index contributed by atoms with van der Waals surface area (Å²) in [7, 11) is -3.84. The van der Waals surface area contributed by atoms with E-state index in [4.69, 9.17) is 0 Å². The van der Waals surface area contributed by atoms with Gasteiger partial charge in [0, 0.05) is 11.1 Å². The third kappa shape index (κ3) is 3.33. The molecule has 0 heterocycles. The van der Waals surface area contributed by atoms with Crippen LogP contribution in [0.4, 0.5) is 15.8 Å². The van der Waals surface area contributed by atoms with Crippen LogP contribution in [-0.2, 0) is 27.7 Å². The molecule has 7 heteroatoms. The normalized spacial score (nSPS) is 12.9. The van der Waals surface area contributed by atoms with E-state index in [1.165, 1.54) is 29.3 Å². The molecule has 0 aromatic heterocycles. The van der Waals surface area contributed by atoms with Gasteiger partial charge in [-0.2, -0.15) is 0 Å². The van der Waals surface area contributed by atoms with Gasteiger partial charge in [-0.25, -0.2) is 12.8 Å². The largest absolute Gasteiger partial charge is 0.324 e. The molecule has 144 valence electrons. The lowest BCUT2D eigenvalue weighted by atomic mass is 10.0. The summed E-state index contributed by atoms with van der Waals surface area (Å²) < 4.78 is 39.2. The molecule has 0 bridgehead atoms. The average molecular weight is 398 g/mol. The maximum Gasteiger partial charge on any atom is 0.245 e. The standard InChI is InChI=1S/C21H19FN2O3S/c1-28(26,27)24(19-8-3-2-7-17(19)22)13-20(25)23-18-12-11-15-10-9-14-5-4-6-16(18)21(14)15/h2-8,11-12H,9-10,13H2,1H3,(H,23,25). The molecule has 1 aliphatic rings. The third-order valence-corrected chi connectivity index (χ3v) is 6.09. The zero-order valence-electron chi connectivity index (χ0n) is 15.3. The lowest BCUT2D eigenvalue weighted by Gasteiger charge is -2.22. The summed E-state index contributed by atoms with van der Waals surface area (Å²) in [5.41, 5.74) is 2.95. The Morgan fingerprint density at radius 1 is 1.04 bits per heavy atom. The number of carbonyl (C=O) groups is 1. The monoisotopic (exact) mass is 398 g/mol. The van der Waals surface area contributed by atoms with Crippen LogP contribution in [0.15, 0.2) is 54.6 Å². The molecule has 0 fully saturated rings. The van der Waals surface area contributed by atoms with Crippen molar-refractivity contribution in [3.8, 4) is 0 Å². The van der Waals surface area contributed by atoms with Crippen molar-refractivity contribution in [2.75, 3.05) is 22.4 Å². The van der Waals surface area contributed by atoms with Gasteiger partial charge >= 0.3 is 0 Å². The first-order valence-corrected chi connectivity index (χ1v) is 10.7. The molecule has 28 heavy (non-hydrogen) atoms. The molecule has 3 aromatic rings. The minimum atomic E-state index is -3.84. The second-order valence-electron chi connectivity index (χ2n) is 6.88. The first kappa shape index (κ1) is 18.4. The summed E-state index contributed by atoms with van der Waals surface area (Å²) in [5, 5.41) is 4.87. The Morgan fingerprint density at radius 3 is 2.46 bits per heavy atom. The van der Waals surface area contributed by atoms with Crippen molar-refractivity contribution < 1.29 is 17.6 Å². The number of carbonyl (C=O) groups excluding carboxylic acids is 1. The second kappa shape index (κ2) is 6.91. The number of anilines is 2. The average Bonchev–Trinajstić information content (AvgIpc) is 3.07. The van der Waals surface area contributed by atoms with Crippen LogP contribution in [-0.4, -0.2) is 27.1 Å². The highest BCUT2D eigenvalue weighted by atomic mass is 32.2. The van der Waals surface area contributed by atoms with Gasteiger partial charge in [0.05, 0.1) is 11.9 Å². The fourth-order valence-electron chi connectivity index (χ4n) is 3.71. The third-order valence-electron chi connectivity index (χ3n) is 4.96. The van der Waals surface area contributed by atoms with E-state index in [1.54, 1.807) is 0 Å². The van der Waals surface area contributed by atoms with Gasteiger partial charge in [0.1, 0.15) is 12.4 Å². The molecular formula is C21H19FN2O3S. The van der Waals surface area contributed by atoms with Crippen LogP contribution in [0, 0.1) is 5.82 Å². The molecule has 0 atom stereocenters. The van der Waals surface area contributed by atoms with Crippen LogP contribution in [0.5, 0.6) is 0 Å². The number of rotatable bonds is 5. The van der Waals surface area contributed by atoms with Crippen molar-refractivity contribution in [2.45, 2.75) is 12.8 Å². The van der Waals surface area contributed by atoms with E-state index in [2.05, 4.69) is 11.4 Å². The van der Waals surface area contributed by atoms with E-state index in [0.29, 0.717) is 5.69 Å². The molecule has 5 nitrogen and oxygen atoms in total. The highest BCUT2D eigenvalue weighted by molar-refractivity contribution is 7.92. The van der Waals surface area contributed by atoms with E-state index >= 15 is 0 Å². The van der Waals surface area contributed by atoms with E-state index < -0.39 is 28.3 Å². The summed E-state index contributed by atoms with van der Waals surface area (Å²) in [6, 6.07) is 15.3. The zero-order valence-corrected chi connectivity index (χ0v) is 16.1. The number of para-hydroxylation sites is 1. The summed E-state index contributed by atoms with van der Waals surface area (Å²) in [4.78, 5) is 12.6. The molecule has 0 radical (unpaired) electrons. The lowest BCUT2D eigenvalue weighted by Crippen LogP contribution is -2.38. The second-order valence-corrected chi connectivity index (χ2v) is 8.79. The Morgan fingerprint density at radius 2 is 1.75 bits per heavy atom. The van der Waals surface area contributed by atoms with Crippen molar-refractivity contribution in [3.63, 3.8) is 0 Å². The van der Waals surface area contributed by atoms with Crippen molar-refractivity contribution in [2.24, 2.45) is 0 Å². The summed E-state index contributed by atoms with van der Waals surface area (Å²) >= 11 is 0. The number of benzene rings is 3. The van der Waals surface area contributed by atoms with Gasteiger partial charge in [-0.3, -0.25) is 9.10 Å². The Balaban J connectivity index is 1.64. The topological polar surface area (TPSA) is 66.5 Å². The van der Waals surface area contributed by atoms with E-state index in [0.717, 1.165) is 40.2 Å². The van der Waals surface area contributed by atoms with Crippen molar-refractivity contribution >= 4 is 38.1 Å². The maximum absolute atomic E-state index is 14.1. The van der Waals surface area contributed by atoms with Gasteiger partial charge in [-0.1, -0.05) is 36.4 Å². The van der Waals surface area contributed by atoms with Crippen LogP contribution < -0.4 is 9.62 Å². The van der Waals surface area contributed by atoms with Crippen molar-refractivity contribution in [1.29, 1.82) is 0 Å². The molecular weight excluding hydrogens is 379 g/mol. The van der Waals surface area contributed by atoms with Crippen molar-refractivity contribution in [3.05, 3.63) is 71.5 Å². The number of hydrogen-bond donors (Lipinski definition) is 1. The van der Waals surface area contributed by atoms with E-state index in [9.17, 15) is 17.6 Å². The predicted octanol–water partition coefficient (Wildman–Crippen LogP) is 3.48. The zero-order chi connectivity index (χ0) is 19.9. The minimum absolute atomic E-state index is 0.152. The van der Waals surface area contributed by atoms with E-state index in [1.807, 2.05) is 24.3 Å². The number of amides is 1. The van der Waals surface area contributed by atoms with Gasteiger partial charge in [-0.05, 0) is 47.6 Å². The number of nitrogens with zero attached hydrogens (tertiary/aromatic N) is 1. The molecule has 1 N–H and O–H groups in total. The highest BCUT2D eigenvalue weighted by Crippen LogP contribution is 2.35. The number of halogens is 1. The molecule has 4 rings (SSSR count). The van der Waals surface area contributed by atoms with Crippen LogP contribution in [0.2, 0.25) is 0 Å². The minimum Gasteiger partial charge on any atom is -0.324 e. The van der Waals surface area contributed by atoms with Gasteiger partial charge in [0.2, 0.25) is 15.9 Å². The van der Waals surface area contributed by atoms with Crippen LogP contribution in [0.25, 0.3) is 10.8 Å². The molecule has 1 amide bonds. The molecule has 0 unspecified atom stereocenters. The summed E-state index contributed by atoms with van der Waals surface area (Å²) in [6.07, 6.45) is 2.89. The van der Waals surface area contributed by atoms with Gasteiger partial charge in [-0.15, -0.1) is 0 Å². The number of aryl methyl sites for hydroxylation is 2. The maximum atomic E-state index is 14.1. The number of nitrogens with one attached hydrogen (secondary N) is 1. The smallest absolute Gasteiger partial charge is 0.245 e. The molecule has 0 saturated heterocycles. The van der Waals surface area contributed by atoms with Crippen molar-refractivity contribution in [1.82, 2.24) is 0 Å². The first-order chi connectivity index (χ1) is 13.3. The Kier molecular flexibility index (Phi) is 4.55. The fourth-order valence-corrected chi connectivity index (χ4v) is 4.57. The predicted molar refractivity (Wildman–Crippen MR) is 109 cm³/mol. The van der Waals surface area contributed by atoms with Crippen LogP contribution in [0.3, 0.4) is 0 Å². The SMILES string of the molecule is CS(=O)(=O)N(CC(=O)Nc1ccc2c3c(cccc13)CC2)c1ccccc1F. The molecule has 1 aliphatic carbocycles. The quantitative estimate of drug-likeness (QED) is 0.716. The first-order valence-electron chi connectivity index (χ1n) is 8.90. The van der Waals surface area contributed by atoms with Crippen LogP contribution in [0.1, 0.15) is 11.1 Å². The Hall–Kier alpha value is -2.93. The number of sulfonamides is 1. The molecule has 3 aromatic carbocycles. The number of hydrogen-bond acceptors (Lipinski definition) is 3. The lowest BCUT2D eigenvalue weighted by molar-refractivity contribution is -0.114. The highest BCUT2D eigenvalue weighted by Gasteiger charge is 2.24. The molecule has 0 spiro atoms. The molecule has 0 saturated carbocycles. The van der Waals surface area contributed by atoms with Gasteiger partial charge in [0.15, 0.2) is 0 Å². The molecule has 0 aliphatic heterocycles. The fraction of sp³-hybridized carbons (Fsp3) is 0.190. The Bertz CT molecular complexity index is 1180. The summed E-state index contributed by atoms with van der Waals surface area (Å²) in [6.45, 7) is -0.511. The van der Waals surface area contributed by atoms with Gasteiger partial charge in [0.25, 0.3) is 0 Å². The summed E-state index contributed by atoms with van der Waals surface area (Å²) in [5.74, 6) is -1.24. The van der Waals surface area contributed by atoms with Crippen LogP contribution >= 0.6 is 0 Å². The Labute approximate surface area is 162 Å². The van der Waals surface area contributed by atoms with E-state index in [-0.39, 0.29) is 5.69 Å². The van der Waals surface area contributed by atoms with Gasteiger partial charge < -0.3 is 5.32 Å².